The Morgan fingerprint density at radius 2 is 1.75 bits per heavy atom. The summed E-state index contributed by atoms with van der Waals surface area (Å²) in [5.74, 6) is 4.83. The third kappa shape index (κ3) is 3.61. The fourth-order valence-electron chi connectivity index (χ4n) is 1.72. The van der Waals surface area contributed by atoms with Crippen molar-refractivity contribution in [2.24, 2.45) is 5.84 Å². The second kappa shape index (κ2) is 8.06. The number of carbonyl (C=O) groups excluding carboxylic acids is 2. The van der Waals surface area contributed by atoms with Crippen molar-refractivity contribution in [1.82, 2.24) is 0 Å². The van der Waals surface area contributed by atoms with Crippen molar-refractivity contribution >= 4 is 48.0 Å². The topological polar surface area (TPSA) is 75.9 Å². The summed E-state index contributed by atoms with van der Waals surface area (Å²) in [6.45, 7) is 2.34. The van der Waals surface area contributed by atoms with E-state index < -0.39 is 11.8 Å². The van der Waals surface area contributed by atoms with Crippen LogP contribution in [0.3, 0.4) is 0 Å². The number of rotatable bonds is 3. The van der Waals surface area contributed by atoms with Gasteiger partial charge in [-0.3, -0.25) is 14.4 Å². The van der Waals surface area contributed by atoms with E-state index in [-0.39, 0.29) is 31.2 Å². The predicted molar refractivity (Wildman–Crippen MR) is 81.0 cm³/mol. The molecule has 0 aliphatic carbocycles. The van der Waals surface area contributed by atoms with Crippen LogP contribution in [0.25, 0.3) is 0 Å². The molecule has 0 spiro atoms. The van der Waals surface area contributed by atoms with Gasteiger partial charge in [0.25, 0.3) is 11.8 Å². The minimum Gasteiger partial charge on any atom is -0.272 e. The van der Waals surface area contributed by atoms with E-state index in [0.717, 1.165) is 16.5 Å². The molecule has 2 rings (SSSR count). The number of hydrogen-bond donors (Lipinski definition) is 1. The zero-order valence-corrected chi connectivity index (χ0v) is 12.6. The van der Waals surface area contributed by atoms with E-state index in [1.54, 1.807) is 24.3 Å². The molecule has 1 aliphatic rings. The summed E-state index contributed by atoms with van der Waals surface area (Å²) < 4.78 is 0. The molecule has 0 atom stereocenters. The van der Waals surface area contributed by atoms with Gasteiger partial charge in [-0.15, -0.1) is 24.8 Å². The second-order valence-electron chi connectivity index (χ2n) is 3.95. The molecule has 0 saturated carbocycles. The highest BCUT2D eigenvalue weighted by Crippen LogP contribution is 2.31. The van der Waals surface area contributed by atoms with Crippen LogP contribution in [-0.2, 0) is 14.4 Å². The maximum Gasteiger partial charge on any atom is 0.260 e. The van der Waals surface area contributed by atoms with E-state index in [4.69, 9.17) is 10.7 Å². The molecule has 20 heavy (non-hydrogen) atoms. The highest BCUT2D eigenvalue weighted by molar-refractivity contribution is 6.14. The van der Waals surface area contributed by atoms with Crippen molar-refractivity contribution in [2.45, 2.75) is 19.8 Å². The van der Waals surface area contributed by atoms with E-state index in [1.165, 1.54) is 0 Å². The van der Waals surface area contributed by atoms with Crippen molar-refractivity contribution in [3.8, 4) is 0 Å². The van der Waals surface area contributed by atoms with Crippen LogP contribution in [0.5, 0.6) is 0 Å². The van der Waals surface area contributed by atoms with Gasteiger partial charge in [-0.05, 0) is 18.6 Å². The Labute approximate surface area is 129 Å². The summed E-state index contributed by atoms with van der Waals surface area (Å²) in [7, 11) is 0. The van der Waals surface area contributed by atoms with Crippen LogP contribution in [0, 0.1) is 0 Å². The van der Waals surface area contributed by atoms with Gasteiger partial charge in [-0.25, -0.2) is 10.9 Å². The average molecular weight is 322 g/mol. The number of fused-ring (bicyclic) bond motifs is 1. The zero-order valence-electron chi connectivity index (χ0n) is 10.9. The summed E-state index contributed by atoms with van der Waals surface area (Å²) in [4.78, 5) is 29.0. The highest BCUT2D eigenvalue weighted by atomic mass is 35.5. The first-order chi connectivity index (χ1) is 8.65. The number of halogens is 2. The van der Waals surface area contributed by atoms with Gasteiger partial charge in [0.1, 0.15) is 6.42 Å². The standard InChI is InChI=1S/C12H15N3O3.2ClH/c1-2-7-18-15-10-6-4-3-5-9(10)14(13)11(16)8-12(15)17;;/h3-6H,2,7-8,13H2,1H3;2*1H. The number of benzene rings is 1. The fourth-order valence-corrected chi connectivity index (χ4v) is 1.72. The fraction of sp³-hybridized carbons (Fsp3) is 0.333. The quantitative estimate of drug-likeness (QED) is 0.523. The SMILES string of the molecule is CCCON1C(=O)CC(=O)N(N)c2ccccc21.Cl.Cl. The number of para-hydroxylation sites is 2. The number of amides is 2. The molecule has 2 amide bonds. The molecular weight excluding hydrogens is 305 g/mol. The minimum atomic E-state index is -0.449. The van der Waals surface area contributed by atoms with Gasteiger partial charge >= 0.3 is 0 Å². The lowest BCUT2D eigenvalue weighted by atomic mass is 10.2. The average Bonchev–Trinajstić information content (AvgIpc) is 2.46. The Balaban J connectivity index is 0.00000180. The third-order valence-electron chi connectivity index (χ3n) is 2.58. The van der Waals surface area contributed by atoms with Crippen LogP contribution in [-0.4, -0.2) is 18.4 Å². The maximum absolute atomic E-state index is 11.9. The minimum absolute atomic E-state index is 0. The first kappa shape index (κ1) is 18.7. The largest absolute Gasteiger partial charge is 0.272 e. The molecule has 1 aliphatic heterocycles. The number of hydrazine groups is 1. The van der Waals surface area contributed by atoms with Crippen LogP contribution in [0.15, 0.2) is 24.3 Å². The lowest BCUT2D eigenvalue weighted by molar-refractivity contribution is -0.130. The first-order valence-electron chi connectivity index (χ1n) is 5.77. The predicted octanol–water partition coefficient (Wildman–Crippen LogP) is 1.82. The number of carbonyl (C=O) groups is 2. The van der Waals surface area contributed by atoms with E-state index in [2.05, 4.69) is 0 Å². The van der Waals surface area contributed by atoms with Crippen LogP contribution >= 0.6 is 24.8 Å². The molecule has 0 aromatic heterocycles. The van der Waals surface area contributed by atoms with Gasteiger partial charge < -0.3 is 0 Å². The summed E-state index contributed by atoms with van der Waals surface area (Å²) >= 11 is 0. The van der Waals surface area contributed by atoms with Gasteiger partial charge in [0.05, 0.1) is 18.0 Å². The van der Waals surface area contributed by atoms with Gasteiger partial charge in [0.2, 0.25) is 0 Å². The zero-order chi connectivity index (χ0) is 13.1. The third-order valence-corrected chi connectivity index (χ3v) is 2.58. The summed E-state index contributed by atoms with van der Waals surface area (Å²) in [5, 5.41) is 2.14. The van der Waals surface area contributed by atoms with Crippen LogP contribution in [0.2, 0.25) is 0 Å². The summed E-state index contributed by atoms with van der Waals surface area (Å²) in [6, 6.07) is 6.88. The Morgan fingerprint density at radius 3 is 2.35 bits per heavy atom. The van der Waals surface area contributed by atoms with E-state index >= 15 is 0 Å². The number of hydrogen-bond acceptors (Lipinski definition) is 4. The molecule has 2 N–H and O–H groups in total. The normalized spacial score (nSPS) is 14.1. The molecule has 1 aromatic rings. The van der Waals surface area contributed by atoms with Crippen molar-refractivity contribution in [1.29, 1.82) is 0 Å². The van der Waals surface area contributed by atoms with Gasteiger partial charge in [-0.2, -0.15) is 5.06 Å². The van der Waals surface area contributed by atoms with Gasteiger partial charge in [0, 0.05) is 0 Å². The van der Waals surface area contributed by atoms with E-state index in [9.17, 15) is 9.59 Å². The molecule has 1 heterocycles. The molecular formula is C12H17Cl2N3O3. The van der Waals surface area contributed by atoms with Crippen molar-refractivity contribution in [3.05, 3.63) is 24.3 Å². The lowest BCUT2D eigenvalue weighted by Gasteiger charge is -2.22. The second-order valence-corrected chi connectivity index (χ2v) is 3.95. The molecule has 0 unspecified atom stereocenters. The molecule has 0 bridgehead atoms. The molecule has 6 nitrogen and oxygen atoms in total. The molecule has 8 heteroatoms. The summed E-state index contributed by atoms with van der Waals surface area (Å²) in [6.07, 6.45) is 0.473. The Kier molecular flexibility index (Phi) is 7.52. The van der Waals surface area contributed by atoms with Crippen LogP contribution in [0.4, 0.5) is 11.4 Å². The smallest absolute Gasteiger partial charge is 0.260 e. The van der Waals surface area contributed by atoms with E-state index in [0.29, 0.717) is 18.0 Å². The Bertz CT molecular complexity index is 485. The Morgan fingerprint density at radius 1 is 1.15 bits per heavy atom. The van der Waals surface area contributed by atoms with Crippen molar-refractivity contribution < 1.29 is 14.4 Å². The summed E-state index contributed by atoms with van der Waals surface area (Å²) in [5.41, 5.74) is 0.953. The molecule has 0 radical (unpaired) electrons. The van der Waals surface area contributed by atoms with Gasteiger partial charge in [-0.1, -0.05) is 19.1 Å². The van der Waals surface area contributed by atoms with Gasteiger partial charge in [0.15, 0.2) is 0 Å². The molecule has 1 aromatic carbocycles. The number of anilines is 2. The molecule has 0 fully saturated rings. The Hall–Kier alpha value is -1.34. The van der Waals surface area contributed by atoms with Crippen LogP contribution < -0.4 is 15.9 Å². The van der Waals surface area contributed by atoms with Crippen LogP contribution in [0.1, 0.15) is 19.8 Å². The number of nitrogens with zero attached hydrogens (tertiary/aromatic N) is 2. The van der Waals surface area contributed by atoms with E-state index in [1.807, 2.05) is 6.92 Å². The molecule has 112 valence electrons. The first-order valence-corrected chi connectivity index (χ1v) is 5.77. The highest BCUT2D eigenvalue weighted by Gasteiger charge is 2.30. The van der Waals surface area contributed by atoms with Crippen molar-refractivity contribution in [2.75, 3.05) is 16.7 Å². The number of hydroxylamine groups is 1. The molecule has 0 saturated heterocycles. The monoisotopic (exact) mass is 321 g/mol. The van der Waals surface area contributed by atoms with Crippen molar-refractivity contribution in [3.63, 3.8) is 0 Å². The lowest BCUT2D eigenvalue weighted by Crippen LogP contribution is -2.37. The maximum atomic E-state index is 11.9. The number of nitrogens with two attached hydrogens (primary N) is 1.